The standard InChI is InChI=1S/C14H23NO4S/c1-5-13(9-19-4)15-20(17,18)14-7-12(8-16)6-10(2)11(14)3/h6-7,13,15-16H,5,8-9H2,1-4H3. The lowest BCUT2D eigenvalue weighted by molar-refractivity contribution is 0.173. The summed E-state index contributed by atoms with van der Waals surface area (Å²) in [5.74, 6) is 0. The van der Waals surface area contributed by atoms with Gasteiger partial charge in [0.05, 0.1) is 18.1 Å². The molecule has 2 N–H and O–H groups in total. The molecule has 0 aliphatic heterocycles. The van der Waals surface area contributed by atoms with E-state index in [-0.39, 0.29) is 17.5 Å². The van der Waals surface area contributed by atoms with Crippen molar-refractivity contribution in [2.24, 2.45) is 0 Å². The quantitative estimate of drug-likeness (QED) is 0.800. The van der Waals surface area contributed by atoms with E-state index in [0.29, 0.717) is 24.2 Å². The molecule has 0 fully saturated rings. The van der Waals surface area contributed by atoms with Gasteiger partial charge in [-0.1, -0.05) is 13.0 Å². The summed E-state index contributed by atoms with van der Waals surface area (Å²) >= 11 is 0. The lowest BCUT2D eigenvalue weighted by Gasteiger charge is -2.18. The minimum atomic E-state index is -3.62. The van der Waals surface area contributed by atoms with Crippen molar-refractivity contribution in [3.05, 3.63) is 28.8 Å². The number of benzene rings is 1. The number of nitrogens with one attached hydrogen (secondary N) is 1. The number of hydrogen-bond acceptors (Lipinski definition) is 4. The number of rotatable bonds is 7. The molecule has 0 saturated carbocycles. The predicted molar refractivity (Wildman–Crippen MR) is 78.1 cm³/mol. The maximum atomic E-state index is 12.5. The molecule has 6 heteroatoms. The van der Waals surface area contributed by atoms with Crippen molar-refractivity contribution in [3.8, 4) is 0 Å². The molecule has 1 rings (SSSR count). The van der Waals surface area contributed by atoms with Crippen molar-refractivity contribution in [1.29, 1.82) is 0 Å². The monoisotopic (exact) mass is 301 g/mol. The minimum Gasteiger partial charge on any atom is -0.392 e. The second-order valence-corrected chi connectivity index (χ2v) is 6.56. The van der Waals surface area contributed by atoms with Crippen LogP contribution in [0.3, 0.4) is 0 Å². The number of ether oxygens (including phenoxy) is 1. The summed E-state index contributed by atoms with van der Waals surface area (Å²) in [5.41, 5.74) is 2.13. The molecule has 0 aromatic heterocycles. The Morgan fingerprint density at radius 2 is 2.00 bits per heavy atom. The molecule has 20 heavy (non-hydrogen) atoms. The molecule has 0 radical (unpaired) electrons. The van der Waals surface area contributed by atoms with Gasteiger partial charge in [0, 0.05) is 13.2 Å². The first kappa shape index (κ1) is 17.1. The van der Waals surface area contributed by atoms with Crippen molar-refractivity contribution in [2.75, 3.05) is 13.7 Å². The van der Waals surface area contributed by atoms with Crippen LogP contribution in [0, 0.1) is 13.8 Å². The number of sulfonamides is 1. The van der Waals surface area contributed by atoms with Gasteiger partial charge in [-0.3, -0.25) is 0 Å². The molecule has 0 aliphatic carbocycles. The van der Waals surface area contributed by atoms with Crippen molar-refractivity contribution in [3.63, 3.8) is 0 Å². The predicted octanol–water partition coefficient (Wildman–Crippen LogP) is 1.50. The van der Waals surface area contributed by atoms with E-state index in [9.17, 15) is 13.5 Å². The Kier molecular flexibility index (Phi) is 6.13. The van der Waals surface area contributed by atoms with Crippen LogP contribution in [0.1, 0.15) is 30.0 Å². The molecule has 0 aliphatic rings. The van der Waals surface area contributed by atoms with Crippen molar-refractivity contribution < 1.29 is 18.3 Å². The van der Waals surface area contributed by atoms with Gasteiger partial charge in [0.1, 0.15) is 0 Å². The van der Waals surface area contributed by atoms with Crippen LogP contribution >= 0.6 is 0 Å². The highest BCUT2D eigenvalue weighted by atomic mass is 32.2. The molecule has 1 aromatic carbocycles. The van der Waals surface area contributed by atoms with Crippen molar-refractivity contribution in [2.45, 2.75) is 44.7 Å². The summed E-state index contributed by atoms with van der Waals surface area (Å²) in [6.07, 6.45) is 0.644. The van der Waals surface area contributed by atoms with Crippen LogP contribution in [0.5, 0.6) is 0 Å². The Bertz CT molecular complexity index is 555. The minimum absolute atomic E-state index is 0.182. The van der Waals surface area contributed by atoms with Gasteiger partial charge < -0.3 is 9.84 Å². The number of aliphatic hydroxyl groups is 1. The summed E-state index contributed by atoms with van der Waals surface area (Å²) in [6.45, 7) is 5.64. The van der Waals surface area contributed by atoms with E-state index < -0.39 is 10.0 Å². The van der Waals surface area contributed by atoms with E-state index in [2.05, 4.69) is 4.72 Å². The van der Waals surface area contributed by atoms with Gasteiger partial charge in [0.2, 0.25) is 10.0 Å². The number of methoxy groups -OCH3 is 1. The maximum Gasteiger partial charge on any atom is 0.241 e. The highest BCUT2D eigenvalue weighted by molar-refractivity contribution is 7.89. The van der Waals surface area contributed by atoms with Gasteiger partial charge in [-0.2, -0.15) is 0 Å². The second-order valence-electron chi connectivity index (χ2n) is 4.88. The highest BCUT2D eigenvalue weighted by Gasteiger charge is 2.22. The summed E-state index contributed by atoms with van der Waals surface area (Å²) in [5, 5.41) is 9.22. The van der Waals surface area contributed by atoms with Crippen molar-refractivity contribution in [1.82, 2.24) is 4.72 Å². The molecule has 1 unspecified atom stereocenters. The number of hydrogen-bond donors (Lipinski definition) is 2. The lowest BCUT2D eigenvalue weighted by atomic mass is 10.1. The molecule has 0 bridgehead atoms. The average Bonchev–Trinajstić information content (AvgIpc) is 2.40. The molecule has 114 valence electrons. The average molecular weight is 301 g/mol. The first-order chi connectivity index (χ1) is 9.35. The molecular weight excluding hydrogens is 278 g/mol. The highest BCUT2D eigenvalue weighted by Crippen LogP contribution is 2.21. The fourth-order valence-corrected chi connectivity index (χ4v) is 3.66. The van der Waals surface area contributed by atoms with E-state index in [1.54, 1.807) is 20.1 Å². The van der Waals surface area contributed by atoms with Crippen LogP contribution in [0.4, 0.5) is 0 Å². The Morgan fingerprint density at radius 1 is 1.35 bits per heavy atom. The molecular formula is C14H23NO4S. The molecule has 1 atom stereocenters. The number of aliphatic hydroxyl groups excluding tert-OH is 1. The zero-order valence-electron chi connectivity index (χ0n) is 12.4. The second kappa shape index (κ2) is 7.17. The molecule has 0 amide bonds. The first-order valence-corrected chi connectivity index (χ1v) is 8.06. The van der Waals surface area contributed by atoms with Gasteiger partial charge >= 0.3 is 0 Å². The Hall–Kier alpha value is -0.950. The zero-order valence-corrected chi connectivity index (χ0v) is 13.3. The first-order valence-electron chi connectivity index (χ1n) is 6.58. The smallest absolute Gasteiger partial charge is 0.241 e. The summed E-state index contributed by atoms with van der Waals surface area (Å²) in [4.78, 5) is 0.219. The largest absolute Gasteiger partial charge is 0.392 e. The van der Waals surface area contributed by atoms with E-state index in [0.717, 1.165) is 5.56 Å². The molecule has 5 nitrogen and oxygen atoms in total. The van der Waals surface area contributed by atoms with E-state index in [1.165, 1.54) is 6.07 Å². The van der Waals surface area contributed by atoms with Crippen LogP contribution in [0.2, 0.25) is 0 Å². The van der Waals surface area contributed by atoms with Gasteiger partial charge in [0.25, 0.3) is 0 Å². The van der Waals surface area contributed by atoms with Crippen LogP contribution in [0.15, 0.2) is 17.0 Å². The SMILES string of the molecule is CCC(COC)NS(=O)(=O)c1cc(CO)cc(C)c1C. The number of aryl methyl sites for hydroxylation is 1. The Balaban J connectivity index is 3.18. The third-order valence-electron chi connectivity index (χ3n) is 3.33. The summed E-state index contributed by atoms with van der Waals surface area (Å²) in [6, 6.07) is 3.05. The summed E-state index contributed by atoms with van der Waals surface area (Å²) in [7, 11) is -2.08. The van der Waals surface area contributed by atoms with Gasteiger partial charge in [-0.25, -0.2) is 13.1 Å². The summed E-state index contributed by atoms with van der Waals surface area (Å²) < 4.78 is 32.6. The van der Waals surface area contributed by atoms with Gasteiger partial charge in [-0.05, 0) is 43.0 Å². The third-order valence-corrected chi connectivity index (χ3v) is 4.98. The third kappa shape index (κ3) is 4.02. The lowest BCUT2D eigenvalue weighted by Crippen LogP contribution is -2.37. The zero-order chi connectivity index (χ0) is 15.3. The molecule has 0 saturated heterocycles. The van der Waals surface area contributed by atoms with Crippen LogP contribution in [0.25, 0.3) is 0 Å². The fraction of sp³-hybridized carbons (Fsp3) is 0.571. The van der Waals surface area contributed by atoms with Crippen LogP contribution in [-0.2, 0) is 21.4 Å². The molecule has 0 heterocycles. The fourth-order valence-electron chi connectivity index (χ4n) is 1.99. The van der Waals surface area contributed by atoms with E-state index in [4.69, 9.17) is 4.74 Å². The van der Waals surface area contributed by atoms with E-state index in [1.807, 2.05) is 13.8 Å². The molecule has 0 spiro atoms. The van der Waals surface area contributed by atoms with Crippen LogP contribution < -0.4 is 4.72 Å². The normalized spacial score (nSPS) is 13.4. The van der Waals surface area contributed by atoms with E-state index >= 15 is 0 Å². The Labute approximate surface area is 121 Å². The topological polar surface area (TPSA) is 75.6 Å². The van der Waals surface area contributed by atoms with Gasteiger partial charge in [0.15, 0.2) is 0 Å². The molecule has 1 aromatic rings. The van der Waals surface area contributed by atoms with Gasteiger partial charge in [-0.15, -0.1) is 0 Å². The maximum absolute atomic E-state index is 12.5. The Morgan fingerprint density at radius 3 is 2.50 bits per heavy atom. The van der Waals surface area contributed by atoms with Crippen LogP contribution in [-0.4, -0.2) is 33.3 Å². The van der Waals surface area contributed by atoms with Crippen molar-refractivity contribution >= 4 is 10.0 Å².